The molecular weight excluding hydrogens is 206 g/mol. The molecule has 4 heteroatoms. The molecule has 0 spiro atoms. The molecule has 16 heavy (non-hydrogen) atoms. The van der Waals surface area contributed by atoms with Gasteiger partial charge in [0.05, 0.1) is 12.1 Å². The highest BCUT2D eigenvalue weighted by molar-refractivity contribution is 5.65. The van der Waals surface area contributed by atoms with Crippen LogP contribution in [0.5, 0.6) is 0 Å². The topological polar surface area (TPSA) is 42.1 Å². The van der Waals surface area contributed by atoms with Gasteiger partial charge in [-0.2, -0.15) is 0 Å². The molecule has 1 fully saturated rings. The molecule has 4 nitrogen and oxygen atoms in total. The van der Waals surface area contributed by atoms with E-state index in [1.165, 1.54) is 6.92 Å². The predicted octanol–water partition coefficient (Wildman–Crippen LogP) is 2.03. The van der Waals surface area contributed by atoms with Crippen molar-refractivity contribution < 1.29 is 14.3 Å². The quantitative estimate of drug-likeness (QED) is 0.548. The van der Waals surface area contributed by atoms with E-state index in [9.17, 15) is 4.79 Å². The summed E-state index contributed by atoms with van der Waals surface area (Å²) in [6, 6.07) is 0. The van der Waals surface area contributed by atoms with Crippen LogP contribution in [0.25, 0.3) is 0 Å². The smallest absolute Gasteiger partial charge is 0.302 e. The molecule has 0 amide bonds. The second-order valence-electron chi connectivity index (χ2n) is 4.62. The van der Waals surface area contributed by atoms with Crippen molar-refractivity contribution in [3.8, 4) is 0 Å². The molecule has 1 unspecified atom stereocenters. The van der Waals surface area contributed by atoms with E-state index in [-0.39, 0.29) is 17.2 Å². The summed E-state index contributed by atoms with van der Waals surface area (Å²) in [5.74, 6) is -0.242. The summed E-state index contributed by atoms with van der Waals surface area (Å²) in [6.07, 6.45) is 0. The lowest BCUT2D eigenvalue weighted by Crippen LogP contribution is -2.51. The molecule has 0 aliphatic carbocycles. The summed E-state index contributed by atoms with van der Waals surface area (Å²) < 4.78 is 10.4. The summed E-state index contributed by atoms with van der Waals surface area (Å²) in [4.78, 5) is 12.8. The average molecular weight is 231 g/mol. The molecule has 96 valence electrons. The van der Waals surface area contributed by atoms with Gasteiger partial charge in [-0.1, -0.05) is 13.8 Å². The van der Waals surface area contributed by atoms with Crippen molar-refractivity contribution in [2.24, 2.45) is 0 Å². The predicted molar refractivity (Wildman–Crippen MR) is 64.2 cm³/mol. The van der Waals surface area contributed by atoms with E-state index in [1.54, 1.807) is 0 Å². The number of hydrogen-bond donors (Lipinski definition) is 0. The van der Waals surface area contributed by atoms with Crippen molar-refractivity contribution in [1.82, 2.24) is 4.90 Å². The van der Waals surface area contributed by atoms with Crippen LogP contribution in [0.3, 0.4) is 0 Å². The fraction of sp³-hybridized carbons (Fsp3) is 0.917. The van der Waals surface area contributed by atoms with Gasteiger partial charge in [0.15, 0.2) is 0 Å². The Morgan fingerprint density at radius 1 is 1.50 bits per heavy atom. The lowest BCUT2D eigenvalue weighted by molar-refractivity contribution is -0.146. The minimum Gasteiger partial charge on any atom is -0.464 e. The van der Waals surface area contributed by atoms with E-state index in [0.717, 1.165) is 6.61 Å². The summed E-state index contributed by atoms with van der Waals surface area (Å²) >= 11 is 0. The number of carbonyl (C=O) groups excluding carboxylic acids is 1. The fourth-order valence-corrected chi connectivity index (χ4v) is 1.31. The van der Waals surface area contributed by atoms with Gasteiger partial charge in [0.2, 0.25) is 0 Å². The molecule has 1 aliphatic rings. The summed E-state index contributed by atoms with van der Waals surface area (Å²) in [7, 11) is 1.98. The summed E-state index contributed by atoms with van der Waals surface area (Å²) in [5, 5.41) is 0. The Hall–Kier alpha value is -0.610. The van der Waals surface area contributed by atoms with Crippen LogP contribution in [0.15, 0.2) is 0 Å². The van der Waals surface area contributed by atoms with Crippen molar-refractivity contribution in [1.29, 1.82) is 0 Å². The van der Waals surface area contributed by atoms with Crippen molar-refractivity contribution in [3.63, 3.8) is 0 Å². The minimum atomic E-state index is -0.242. The molecule has 0 saturated carbocycles. The highest BCUT2D eigenvalue weighted by atomic mass is 16.6. The molecule has 1 aliphatic heterocycles. The third kappa shape index (κ3) is 4.10. The van der Waals surface area contributed by atoms with E-state index in [4.69, 9.17) is 9.47 Å². The van der Waals surface area contributed by atoms with Gasteiger partial charge in [0.1, 0.15) is 12.3 Å². The standard InChI is InChI=1S/C10H19NO3.C2H6/c1-8(12)13-6-9(2,3)11(5)10(4)7-14-10;1-2/h6-7H2,1-5H3;1-2H3. The monoisotopic (exact) mass is 231 g/mol. The Bertz CT molecular complexity index is 234. The van der Waals surface area contributed by atoms with Crippen LogP contribution in [0.1, 0.15) is 41.5 Å². The lowest BCUT2D eigenvalue weighted by Gasteiger charge is -2.37. The minimum absolute atomic E-state index is 0.177. The van der Waals surface area contributed by atoms with Crippen molar-refractivity contribution in [2.45, 2.75) is 52.8 Å². The first-order chi connectivity index (χ1) is 7.28. The first-order valence-electron chi connectivity index (χ1n) is 5.79. The molecule has 0 N–H and O–H groups in total. The SMILES string of the molecule is CC.CC(=O)OCC(C)(C)N(C)C1(C)CO1. The second kappa shape index (κ2) is 5.64. The Kier molecular flexibility index (Phi) is 5.42. The molecule has 1 heterocycles. The van der Waals surface area contributed by atoms with E-state index < -0.39 is 0 Å². The third-order valence-electron chi connectivity index (χ3n) is 2.81. The normalized spacial score (nSPS) is 23.5. The van der Waals surface area contributed by atoms with Crippen LogP contribution >= 0.6 is 0 Å². The number of nitrogens with zero attached hydrogens (tertiary/aromatic N) is 1. The molecule has 1 rings (SSSR count). The Labute approximate surface area is 98.9 Å². The second-order valence-corrected chi connectivity index (χ2v) is 4.62. The summed E-state index contributed by atoms with van der Waals surface area (Å²) in [6.45, 7) is 12.6. The average Bonchev–Trinajstić information content (AvgIpc) is 2.97. The zero-order valence-corrected chi connectivity index (χ0v) is 11.6. The van der Waals surface area contributed by atoms with Gasteiger partial charge in [0.25, 0.3) is 0 Å². The Morgan fingerprint density at radius 2 is 1.94 bits per heavy atom. The molecular formula is C12H25NO3. The van der Waals surface area contributed by atoms with Crippen molar-refractivity contribution >= 4 is 5.97 Å². The van der Waals surface area contributed by atoms with Gasteiger partial charge in [-0.15, -0.1) is 0 Å². The largest absolute Gasteiger partial charge is 0.464 e. The van der Waals surface area contributed by atoms with Gasteiger partial charge < -0.3 is 9.47 Å². The number of esters is 1. The van der Waals surface area contributed by atoms with Crippen LogP contribution in [-0.4, -0.2) is 42.4 Å². The zero-order valence-electron chi connectivity index (χ0n) is 11.6. The number of carbonyl (C=O) groups is 1. The maximum atomic E-state index is 10.7. The van der Waals surface area contributed by atoms with Crippen LogP contribution < -0.4 is 0 Å². The maximum absolute atomic E-state index is 10.7. The first-order valence-corrected chi connectivity index (χ1v) is 5.79. The molecule has 0 radical (unpaired) electrons. The number of likely N-dealkylation sites (N-methyl/N-ethyl adjacent to an activating group) is 1. The molecule has 0 aromatic rings. The highest BCUT2D eigenvalue weighted by Crippen LogP contribution is 2.34. The molecule has 0 aromatic carbocycles. The van der Waals surface area contributed by atoms with Crippen molar-refractivity contribution in [2.75, 3.05) is 20.3 Å². The van der Waals surface area contributed by atoms with Gasteiger partial charge in [-0.25, -0.2) is 0 Å². The molecule has 0 aromatic heterocycles. The van der Waals surface area contributed by atoms with Gasteiger partial charge in [-0.3, -0.25) is 9.69 Å². The molecule has 1 atom stereocenters. The Morgan fingerprint density at radius 3 is 2.25 bits per heavy atom. The number of ether oxygens (including phenoxy) is 2. The van der Waals surface area contributed by atoms with Crippen molar-refractivity contribution in [3.05, 3.63) is 0 Å². The van der Waals surface area contributed by atoms with E-state index in [0.29, 0.717) is 6.61 Å². The van der Waals surface area contributed by atoms with Gasteiger partial charge in [-0.05, 0) is 27.8 Å². The molecule has 1 saturated heterocycles. The van der Waals surface area contributed by atoms with Crippen LogP contribution in [-0.2, 0) is 14.3 Å². The zero-order chi connectivity index (χ0) is 13.0. The number of hydrogen-bond acceptors (Lipinski definition) is 4. The van der Waals surface area contributed by atoms with Gasteiger partial charge in [0, 0.05) is 6.92 Å². The Balaban J connectivity index is 0.00000106. The number of epoxide rings is 1. The van der Waals surface area contributed by atoms with Crippen LogP contribution in [0.2, 0.25) is 0 Å². The number of rotatable bonds is 4. The maximum Gasteiger partial charge on any atom is 0.302 e. The highest BCUT2D eigenvalue weighted by Gasteiger charge is 2.49. The molecule has 0 bridgehead atoms. The van der Waals surface area contributed by atoms with E-state index in [2.05, 4.69) is 4.90 Å². The first kappa shape index (κ1) is 15.4. The third-order valence-corrected chi connectivity index (χ3v) is 2.81. The fourth-order valence-electron chi connectivity index (χ4n) is 1.31. The van der Waals surface area contributed by atoms with Crippen LogP contribution in [0, 0.1) is 0 Å². The van der Waals surface area contributed by atoms with E-state index in [1.807, 2.05) is 41.7 Å². The summed E-state index contributed by atoms with van der Waals surface area (Å²) in [5.41, 5.74) is -0.374. The van der Waals surface area contributed by atoms with Gasteiger partial charge >= 0.3 is 5.97 Å². The van der Waals surface area contributed by atoms with E-state index >= 15 is 0 Å². The van der Waals surface area contributed by atoms with Crippen LogP contribution in [0.4, 0.5) is 0 Å². The lowest BCUT2D eigenvalue weighted by atomic mass is 10.0.